The van der Waals surface area contributed by atoms with Crippen molar-refractivity contribution in [3.05, 3.63) is 96.1 Å². The van der Waals surface area contributed by atoms with Crippen molar-refractivity contribution in [3.8, 4) is 47.4 Å². The molecule has 33 heavy (non-hydrogen) atoms. The second kappa shape index (κ2) is 11.1. The van der Waals surface area contributed by atoms with Crippen LogP contribution in [0.15, 0.2) is 85.0 Å². The van der Waals surface area contributed by atoms with Gasteiger partial charge in [-0.1, -0.05) is 84.3 Å². The molecule has 0 radical (unpaired) electrons. The lowest BCUT2D eigenvalue weighted by molar-refractivity contribution is 0.00356. The molecule has 2 heteroatoms. The van der Waals surface area contributed by atoms with Gasteiger partial charge >= 0.3 is 0 Å². The fraction of sp³-hybridized carbons (Fsp3) is 0.226. The number of fused-ring (bicyclic) bond motifs is 4. The van der Waals surface area contributed by atoms with Gasteiger partial charge in [-0.25, -0.2) is 0 Å². The Morgan fingerprint density at radius 1 is 0.545 bits per heavy atom. The van der Waals surface area contributed by atoms with Crippen molar-refractivity contribution in [1.82, 2.24) is 0 Å². The molecule has 0 N–H and O–H groups in total. The molecular weight excluding hydrogens is 404 g/mol. The molecule has 2 nitrogen and oxygen atoms in total. The Labute approximate surface area is 196 Å². The molecule has 2 bridgehead atoms. The van der Waals surface area contributed by atoms with Crippen LogP contribution in [-0.4, -0.2) is 11.2 Å². The normalized spacial score (nSPS) is 24.6. The van der Waals surface area contributed by atoms with Crippen LogP contribution in [0.1, 0.15) is 30.4 Å². The summed E-state index contributed by atoms with van der Waals surface area (Å²) in [5.74, 6) is 25.3. The minimum absolute atomic E-state index is 0.431. The summed E-state index contributed by atoms with van der Waals surface area (Å²) in [5, 5.41) is 0. The summed E-state index contributed by atoms with van der Waals surface area (Å²) in [6.45, 7) is 0.862. The molecule has 2 aromatic rings. The van der Waals surface area contributed by atoms with Gasteiger partial charge in [0.15, 0.2) is 11.2 Å². The fourth-order valence-corrected chi connectivity index (χ4v) is 3.55. The average Bonchev–Trinajstić information content (AvgIpc) is 2.93. The second-order valence-electron chi connectivity index (χ2n) is 7.80. The minimum atomic E-state index is -0.898. The van der Waals surface area contributed by atoms with Crippen molar-refractivity contribution in [2.75, 3.05) is 0 Å². The lowest BCUT2D eigenvalue weighted by Gasteiger charge is -2.27. The highest BCUT2D eigenvalue weighted by Gasteiger charge is 2.31. The molecule has 0 unspecified atom stereocenters. The Kier molecular flexibility index (Phi) is 7.49. The van der Waals surface area contributed by atoms with Crippen molar-refractivity contribution in [3.63, 3.8) is 0 Å². The zero-order chi connectivity index (χ0) is 22.7. The van der Waals surface area contributed by atoms with E-state index in [1.165, 1.54) is 0 Å². The standard InChI is InChI=1S/C31H24O2/c1-2-12-21-31(33-27-29-18-9-6-10-19-29)23-14-4-3-13-22-30(20-11-1,24-15-25-31)32-26-28-16-7-5-8-17-28/h1-10,16-19H,15,24-27H2/b2-1+,4-3+. The lowest BCUT2D eigenvalue weighted by atomic mass is 9.91. The van der Waals surface area contributed by atoms with Gasteiger partial charge in [-0.2, -0.15) is 0 Å². The summed E-state index contributed by atoms with van der Waals surface area (Å²) in [4.78, 5) is 0. The zero-order valence-corrected chi connectivity index (χ0v) is 18.4. The minimum Gasteiger partial charge on any atom is -0.346 e. The van der Waals surface area contributed by atoms with Crippen molar-refractivity contribution < 1.29 is 9.47 Å². The molecule has 0 aliphatic heterocycles. The maximum atomic E-state index is 6.36. The van der Waals surface area contributed by atoms with Crippen LogP contribution in [0.2, 0.25) is 0 Å². The van der Waals surface area contributed by atoms with E-state index in [0.717, 1.165) is 17.5 Å². The molecule has 160 valence electrons. The van der Waals surface area contributed by atoms with Crippen LogP contribution in [0.5, 0.6) is 0 Å². The van der Waals surface area contributed by atoms with Gasteiger partial charge < -0.3 is 9.47 Å². The van der Waals surface area contributed by atoms with Crippen LogP contribution in [-0.2, 0) is 22.7 Å². The molecular formula is C31H24O2. The summed E-state index contributed by atoms with van der Waals surface area (Å²) in [6, 6.07) is 20.1. The highest BCUT2D eigenvalue weighted by atomic mass is 16.5. The maximum absolute atomic E-state index is 6.36. The summed E-state index contributed by atoms with van der Waals surface area (Å²) < 4.78 is 12.7. The molecule has 2 aromatic carbocycles. The Hall–Kier alpha value is -3.92. The van der Waals surface area contributed by atoms with Crippen molar-refractivity contribution in [2.24, 2.45) is 0 Å². The van der Waals surface area contributed by atoms with Crippen LogP contribution < -0.4 is 0 Å². The number of hydrogen-bond acceptors (Lipinski definition) is 2. The van der Waals surface area contributed by atoms with E-state index in [4.69, 9.17) is 9.47 Å². The monoisotopic (exact) mass is 428 g/mol. The predicted octanol–water partition coefficient (Wildman–Crippen LogP) is 5.22. The molecule has 0 saturated heterocycles. The smallest absolute Gasteiger partial charge is 0.191 e. The third-order valence-corrected chi connectivity index (χ3v) is 5.31. The van der Waals surface area contributed by atoms with Gasteiger partial charge in [0, 0.05) is 0 Å². The van der Waals surface area contributed by atoms with Gasteiger partial charge in [-0.05, 0) is 78.4 Å². The summed E-state index contributed by atoms with van der Waals surface area (Å²) in [7, 11) is 0. The second-order valence-corrected chi connectivity index (χ2v) is 7.80. The quantitative estimate of drug-likeness (QED) is 0.587. The number of allylic oxidation sites excluding steroid dienone is 4. The number of ether oxygens (including phenoxy) is 2. The summed E-state index contributed by atoms with van der Waals surface area (Å²) in [5.41, 5.74) is 0.365. The number of rotatable bonds is 6. The van der Waals surface area contributed by atoms with Gasteiger partial charge in [0.1, 0.15) is 0 Å². The van der Waals surface area contributed by atoms with E-state index in [1.54, 1.807) is 24.3 Å². The molecule has 0 saturated carbocycles. The first-order chi connectivity index (χ1) is 16.3. The van der Waals surface area contributed by atoms with Crippen LogP contribution in [0.4, 0.5) is 0 Å². The zero-order valence-electron chi connectivity index (χ0n) is 18.4. The predicted molar refractivity (Wildman–Crippen MR) is 131 cm³/mol. The van der Waals surface area contributed by atoms with Crippen molar-refractivity contribution in [1.29, 1.82) is 0 Å². The molecule has 2 aliphatic carbocycles. The highest BCUT2D eigenvalue weighted by Crippen LogP contribution is 2.27. The van der Waals surface area contributed by atoms with Gasteiger partial charge in [0.25, 0.3) is 0 Å². The lowest BCUT2D eigenvalue weighted by Crippen LogP contribution is -2.33. The number of benzene rings is 2. The van der Waals surface area contributed by atoms with E-state index in [-0.39, 0.29) is 0 Å². The summed E-state index contributed by atoms with van der Waals surface area (Å²) >= 11 is 0. The molecule has 4 rings (SSSR count). The molecule has 0 aromatic heterocycles. The first-order valence-electron chi connectivity index (χ1n) is 11.0. The van der Waals surface area contributed by atoms with Gasteiger partial charge in [0.05, 0.1) is 13.2 Å². The first-order valence-corrected chi connectivity index (χ1v) is 11.0. The van der Waals surface area contributed by atoms with E-state index < -0.39 is 11.2 Å². The SMILES string of the molecule is C1#CC2(OCc3ccccc3)C#C/C=C/C#CC(OCc3ccccc3)(C#C/C=C/1)CCC2. The van der Waals surface area contributed by atoms with Crippen molar-refractivity contribution >= 4 is 0 Å². The van der Waals surface area contributed by atoms with Crippen LogP contribution in [0.25, 0.3) is 0 Å². The van der Waals surface area contributed by atoms with E-state index in [9.17, 15) is 0 Å². The number of hydrogen-bond donors (Lipinski definition) is 0. The molecule has 0 amide bonds. The molecule has 0 heterocycles. The van der Waals surface area contributed by atoms with E-state index in [0.29, 0.717) is 26.1 Å². The Bertz CT molecular complexity index is 1100. The topological polar surface area (TPSA) is 18.5 Å². The van der Waals surface area contributed by atoms with E-state index in [1.807, 2.05) is 60.7 Å². The third-order valence-electron chi connectivity index (χ3n) is 5.31. The largest absolute Gasteiger partial charge is 0.346 e. The Morgan fingerprint density at radius 3 is 1.27 bits per heavy atom. The van der Waals surface area contributed by atoms with Gasteiger partial charge in [0.2, 0.25) is 0 Å². The van der Waals surface area contributed by atoms with Crippen molar-refractivity contribution in [2.45, 2.75) is 43.7 Å². The molecule has 0 fully saturated rings. The third kappa shape index (κ3) is 6.53. The maximum Gasteiger partial charge on any atom is 0.191 e. The Balaban J connectivity index is 1.64. The fourth-order valence-electron chi connectivity index (χ4n) is 3.55. The molecule has 0 spiro atoms. The van der Waals surface area contributed by atoms with Crippen LogP contribution >= 0.6 is 0 Å². The average molecular weight is 429 g/mol. The van der Waals surface area contributed by atoms with Gasteiger partial charge in [-0.15, -0.1) is 0 Å². The Morgan fingerprint density at radius 2 is 0.909 bits per heavy atom. The van der Waals surface area contributed by atoms with E-state index in [2.05, 4.69) is 47.4 Å². The van der Waals surface area contributed by atoms with E-state index >= 15 is 0 Å². The van der Waals surface area contributed by atoms with Crippen LogP contribution in [0.3, 0.4) is 0 Å². The summed E-state index contributed by atoms with van der Waals surface area (Å²) in [6.07, 6.45) is 8.93. The van der Waals surface area contributed by atoms with Gasteiger partial charge in [-0.3, -0.25) is 0 Å². The first kappa shape index (κ1) is 22.3. The molecule has 0 atom stereocenters. The highest BCUT2D eigenvalue weighted by molar-refractivity contribution is 5.42. The molecule has 2 aliphatic rings. The van der Waals surface area contributed by atoms with Crippen LogP contribution in [0, 0.1) is 47.4 Å².